The van der Waals surface area contributed by atoms with E-state index >= 15 is 0 Å². The number of hydrogen-bond acceptors (Lipinski definition) is 2. The van der Waals surface area contributed by atoms with Gasteiger partial charge in [0.2, 0.25) is 0 Å². The molecule has 0 bridgehead atoms. The first-order chi connectivity index (χ1) is 9.28. The molecule has 0 unspecified atom stereocenters. The molecule has 0 aliphatic carbocycles. The maximum atomic E-state index is 13.8. The van der Waals surface area contributed by atoms with Gasteiger partial charge in [0.15, 0.2) is 0 Å². The van der Waals surface area contributed by atoms with Crippen LogP contribution >= 0.6 is 0 Å². The number of rotatable bonds is 2. The first-order valence-electron chi connectivity index (χ1n) is 5.86. The summed E-state index contributed by atoms with van der Waals surface area (Å²) in [5, 5.41) is 8.72. The van der Waals surface area contributed by atoms with E-state index in [0.717, 1.165) is 11.0 Å². The summed E-state index contributed by atoms with van der Waals surface area (Å²) in [6.07, 6.45) is 1.70. The first-order valence-corrected chi connectivity index (χ1v) is 5.86. The molecule has 0 aliphatic heterocycles. The van der Waals surface area contributed by atoms with Crippen molar-refractivity contribution in [3.8, 4) is 6.07 Å². The van der Waals surface area contributed by atoms with Gasteiger partial charge in [-0.2, -0.15) is 5.26 Å². The van der Waals surface area contributed by atoms with Crippen molar-refractivity contribution in [3.05, 3.63) is 65.7 Å². The monoisotopic (exact) mass is 251 g/mol. The van der Waals surface area contributed by atoms with E-state index in [1.54, 1.807) is 18.5 Å². The molecule has 3 aromatic rings. The Balaban J connectivity index is 2.00. The molecule has 3 nitrogen and oxygen atoms in total. The molecular formula is C15H10FN3. The molecule has 4 heteroatoms. The minimum absolute atomic E-state index is 0.330. The second kappa shape index (κ2) is 4.54. The number of para-hydroxylation sites is 2. The van der Waals surface area contributed by atoms with Crippen molar-refractivity contribution < 1.29 is 4.39 Å². The van der Waals surface area contributed by atoms with Gasteiger partial charge in [0, 0.05) is 5.56 Å². The zero-order chi connectivity index (χ0) is 13.2. The molecule has 1 heterocycles. The predicted molar refractivity (Wildman–Crippen MR) is 70.0 cm³/mol. The standard InChI is InChI=1S/C15H10FN3/c16-13-7-11(8-17)5-6-12(13)9-19-10-18-14-3-1-2-4-15(14)19/h1-7,10H,9H2. The molecule has 0 aliphatic rings. The van der Waals surface area contributed by atoms with Crippen LogP contribution in [0.3, 0.4) is 0 Å². The normalized spacial score (nSPS) is 10.5. The van der Waals surface area contributed by atoms with Crippen molar-refractivity contribution in [2.75, 3.05) is 0 Å². The Hall–Kier alpha value is -2.67. The number of fused-ring (bicyclic) bond motifs is 1. The van der Waals surface area contributed by atoms with E-state index in [1.165, 1.54) is 6.07 Å². The third kappa shape index (κ3) is 2.06. The van der Waals surface area contributed by atoms with Crippen LogP contribution in [0, 0.1) is 17.1 Å². The Morgan fingerprint density at radius 3 is 2.84 bits per heavy atom. The molecule has 0 saturated heterocycles. The quantitative estimate of drug-likeness (QED) is 0.702. The number of hydrogen-bond donors (Lipinski definition) is 0. The zero-order valence-electron chi connectivity index (χ0n) is 10.0. The highest BCUT2D eigenvalue weighted by atomic mass is 19.1. The molecule has 0 atom stereocenters. The van der Waals surface area contributed by atoms with Gasteiger partial charge in [-0.15, -0.1) is 0 Å². The van der Waals surface area contributed by atoms with Crippen LogP contribution in [0.1, 0.15) is 11.1 Å². The lowest BCUT2D eigenvalue weighted by Crippen LogP contribution is -2.00. The molecule has 1 aromatic heterocycles. The van der Waals surface area contributed by atoms with Crippen LogP contribution < -0.4 is 0 Å². The van der Waals surface area contributed by atoms with Crippen molar-refractivity contribution in [1.29, 1.82) is 5.26 Å². The number of nitriles is 1. The van der Waals surface area contributed by atoms with Crippen molar-refractivity contribution in [1.82, 2.24) is 9.55 Å². The number of halogens is 1. The zero-order valence-corrected chi connectivity index (χ0v) is 10.0. The van der Waals surface area contributed by atoms with Crippen LogP contribution in [0.2, 0.25) is 0 Å². The summed E-state index contributed by atoms with van der Waals surface area (Å²) in [7, 11) is 0. The smallest absolute Gasteiger partial charge is 0.129 e. The average Bonchev–Trinajstić information content (AvgIpc) is 2.84. The van der Waals surface area contributed by atoms with Crippen LogP contribution in [0.25, 0.3) is 11.0 Å². The third-order valence-electron chi connectivity index (χ3n) is 3.05. The summed E-state index contributed by atoms with van der Waals surface area (Å²) >= 11 is 0. The topological polar surface area (TPSA) is 41.6 Å². The van der Waals surface area contributed by atoms with E-state index in [9.17, 15) is 4.39 Å². The molecule has 2 aromatic carbocycles. The Bertz CT molecular complexity index is 783. The van der Waals surface area contributed by atoms with Gasteiger partial charge in [-0.3, -0.25) is 0 Å². The molecule has 19 heavy (non-hydrogen) atoms. The molecular weight excluding hydrogens is 241 g/mol. The van der Waals surface area contributed by atoms with Gasteiger partial charge in [0.05, 0.1) is 35.5 Å². The van der Waals surface area contributed by atoms with E-state index in [-0.39, 0.29) is 5.82 Å². The van der Waals surface area contributed by atoms with Gasteiger partial charge in [-0.05, 0) is 24.3 Å². The van der Waals surface area contributed by atoms with Crippen LogP contribution in [0.5, 0.6) is 0 Å². The summed E-state index contributed by atoms with van der Waals surface area (Å²) < 4.78 is 15.7. The molecule has 0 radical (unpaired) electrons. The maximum Gasteiger partial charge on any atom is 0.129 e. The van der Waals surface area contributed by atoms with E-state index in [0.29, 0.717) is 17.7 Å². The van der Waals surface area contributed by atoms with Crippen LogP contribution in [-0.2, 0) is 6.54 Å². The second-order valence-corrected chi connectivity index (χ2v) is 4.28. The fraction of sp³-hybridized carbons (Fsp3) is 0.0667. The van der Waals surface area contributed by atoms with Crippen LogP contribution in [0.4, 0.5) is 4.39 Å². The number of benzene rings is 2. The van der Waals surface area contributed by atoms with E-state index < -0.39 is 0 Å². The number of aromatic nitrogens is 2. The van der Waals surface area contributed by atoms with E-state index in [2.05, 4.69) is 4.98 Å². The average molecular weight is 251 g/mol. The van der Waals surface area contributed by atoms with Gasteiger partial charge in [-0.25, -0.2) is 9.37 Å². The van der Waals surface area contributed by atoms with E-state index in [4.69, 9.17) is 5.26 Å². The Morgan fingerprint density at radius 1 is 1.21 bits per heavy atom. The van der Waals surface area contributed by atoms with Gasteiger partial charge >= 0.3 is 0 Å². The van der Waals surface area contributed by atoms with E-state index in [1.807, 2.05) is 34.9 Å². The first kappa shape index (κ1) is 11.4. The summed E-state index contributed by atoms with van der Waals surface area (Å²) in [6, 6.07) is 14.2. The van der Waals surface area contributed by atoms with Gasteiger partial charge in [0.25, 0.3) is 0 Å². The Morgan fingerprint density at radius 2 is 2.05 bits per heavy atom. The van der Waals surface area contributed by atoms with Crippen molar-refractivity contribution in [3.63, 3.8) is 0 Å². The van der Waals surface area contributed by atoms with Gasteiger partial charge in [0.1, 0.15) is 5.82 Å². The largest absolute Gasteiger partial charge is 0.326 e. The lowest BCUT2D eigenvalue weighted by Gasteiger charge is -2.06. The lowest BCUT2D eigenvalue weighted by molar-refractivity contribution is 0.601. The maximum absolute atomic E-state index is 13.8. The molecule has 3 rings (SSSR count). The SMILES string of the molecule is N#Cc1ccc(Cn2cnc3ccccc32)c(F)c1. The number of imidazole rings is 1. The lowest BCUT2D eigenvalue weighted by atomic mass is 10.1. The fourth-order valence-electron chi connectivity index (χ4n) is 2.06. The Kier molecular flexibility index (Phi) is 2.73. The third-order valence-corrected chi connectivity index (χ3v) is 3.05. The predicted octanol–water partition coefficient (Wildman–Crippen LogP) is 3.10. The molecule has 0 fully saturated rings. The van der Waals surface area contributed by atoms with Crippen molar-refractivity contribution >= 4 is 11.0 Å². The van der Waals surface area contributed by atoms with Crippen molar-refractivity contribution in [2.24, 2.45) is 0 Å². The molecule has 0 spiro atoms. The highest BCUT2D eigenvalue weighted by Crippen LogP contribution is 2.16. The minimum atomic E-state index is -0.364. The second-order valence-electron chi connectivity index (χ2n) is 4.28. The molecule has 92 valence electrons. The molecule has 0 saturated carbocycles. The summed E-state index contributed by atoms with van der Waals surface area (Å²) in [5.74, 6) is -0.364. The summed E-state index contributed by atoms with van der Waals surface area (Å²) in [5.41, 5.74) is 2.72. The summed E-state index contributed by atoms with van der Waals surface area (Å²) in [4.78, 5) is 4.27. The molecule has 0 amide bonds. The van der Waals surface area contributed by atoms with Gasteiger partial charge in [-0.1, -0.05) is 18.2 Å². The van der Waals surface area contributed by atoms with Crippen LogP contribution in [-0.4, -0.2) is 9.55 Å². The van der Waals surface area contributed by atoms with Gasteiger partial charge < -0.3 is 4.57 Å². The highest BCUT2D eigenvalue weighted by Gasteiger charge is 2.07. The fourth-order valence-corrected chi connectivity index (χ4v) is 2.06. The summed E-state index contributed by atoms with van der Waals surface area (Å²) in [6.45, 7) is 0.401. The highest BCUT2D eigenvalue weighted by molar-refractivity contribution is 5.75. The minimum Gasteiger partial charge on any atom is -0.326 e. The molecule has 0 N–H and O–H groups in total. The van der Waals surface area contributed by atoms with Crippen molar-refractivity contribution in [2.45, 2.75) is 6.54 Å². The number of nitrogens with zero attached hydrogens (tertiary/aromatic N) is 3. The van der Waals surface area contributed by atoms with Crippen LogP contribution in [0.15, 0.2) is 48.8 Å². The Labute approximate surface area is 109 Å².